The minimum Gasteiger partial charge on any atom is -0.491 e. The Morgan fingerprint density at radius 3 is 2.95 bits per heavy atom. The Morgan fingerprint density at radius 2 is 2.29 bits per heavy atom. The summed E-state index contributed by atoms with van der Waals surface area (Å²) in [5.41, 5.74) is 0.795. The van der Waals surface area contributed by atoms with Crippen LogP contribution in [-0.2, 0) is 9.53 Å². The molecule has 5 nitrogen and oxygen atoms in total. The Hall–Kier alpha value is -1.24. The lowest BCUT2D eigenvalue weighted by atomic mass is 10.2. The maximum absolute atomic E-state index is 12.0. The van der Waals surface area contributed by atoms with Crippen LogP contribution in [0, 0.1) is 0 Å². The second-order valence-corrected chi connectivity index (χ2v) is 6.26. The largest absolute Gasteiger partial charge is 0.491 e. The third-order valence-electron chi connectivity index (χ3n) is 3.61. The summed E-state index contributed by atoms with van der Waals surface area (Å²) in [4.78, 5) is 12.0. The third kappa shape index (κ3) is 4.12. The van der Waals surface area contributed by atoms with Crippen molar-refractivity contribution in [2.45, 2.75) is 25.0 Å². The molecule has 2 atom stereocenters. The lowest BCUT2D eigenvalue weighted by Gasteiger charge is -2.13. The summed E-state index contributed by atoms with van der Waals surface area (Å²) in [5.74, 6) is 2.49. The second kappa shape index (κ2) is 7.15. The first-order valence-corrected chi connectivity index (χ1v) is 8.43. The lowest BCUT2D eigenvalue weighted by molar-refractivity contribution is -0.117. The number of benzene rings is 1. The van der Waals surface area contributed by atoms with Gasteiger partial charge in [0.05, 0.1) is 12.1 Å². The first kappa shape index (κ1) is 14.7. The van der Waals surface area contributed by atoms with Gasteiger partial charge in [-0.3, -0.25) is 10.1 Å². The van der Waals surface area contributed by atoms with Crippen LogP contribution in [-0.4, -0.2) is 42.9 Å². The molecule has 2 fully saturated rings. The van der Waals surface area contributed by atoms with Gasteiger partial charge in [-0.2, -0.15) is 0 Å². The van der Waals surface area contributed by atoms with Crippen molar-refractivity contribution in [2.24, 2.45) is 0 Å². The molecular formula is C15H20N2O3S. The molecular weight excluding hydrogens is 288 g/mol. The minimum atomic E-state index is -0.0922. The maximum atomic E-state index is 12.0. The zero-order valence-electron chi connectivity index (χ0n) is 11.8. The van der Waals surface area contributed by atoms with Crippen LogP contribution in [0.1, 0.15) is 12.8 Å². The molecule has 2 aliphatic rings. The summed E-state index contributed by atoms with van der Waals surface area (Å²) in [7, 11) is 0. The number of carbonyl (C=O) groups excluding carboxylic acids is 1. The molecule has 2 N–H and O–H groups in total. The Labute approximate surface area is 128 Å². The number of amides is 1. The number of nitrogens with one attached hydrogen (secondary N) is 2. The Morgan fingerprint density at radius 1 is 1.43 bits per heavy atom. The smallest absolute Gasteiger partial charge is 0.242 e. The highest BCUT2D eigenvalue weighted by atomic mass is 32.2. The van der Waals surface area contributed by atoms with Gasteiger partial charge in [0.25, 0.3) is 0 Å². The standard InChI is InChI=1S/C15H20N2O3S/c18-15(14-9-21-10-16-14)17-11-3-5-12(6-4-11)20-8-13-2-1-7-19-13/h3-6,13-14,16H,1-2,7-10H2,(H,17,18). The highest BCUT2D eigenvalue weighted by molar-refractivity contribution is 7.99. The molecule has 0 aliphatic carbocycles. The number of carbonyl (C=O) groups is 1. The number of hydrogen-bond acceptors (Lipinski definition) is 5. The van der Waals surface area contributed by atoms with Gasteiger partial charge in [-0.15, -0.1) is 11.8 Å². The van der Waals surface area contributed by atoms with Crippen molar-refractivity contribution < 1.29 is 14.3 Å². The van der Waals surface area contributed by atoms with Crippen LogP contribution in [0.4, 0.5) is 5.69 Å². The van der Waals surface area contributed by atoms with E-state index in [-0.39, 0.29) is 18.1 Å². The number of thioether (sulfide) groups is 1. The molecule has 21 heavy (non-hydrogen) atoms. The Kier molecular flexibility index (Phi) is 5.00. The molecule has 0 bridgehead atoms. The van der Waals surface area contributed by atoms with Crippen molar-refractivity contribution >= 4 is 23.4 Å². The van der Waals surface area contributed by atoms with Gasteiger partial charge in [0.2, 0.25) is 5.91 Å². The van der Waals surface area contributed by atoms with Crippen molar-refractivity contribution in [3.63, 3.8) is 0 Å². The van der Waals surface area contributed by atoms with E-state index in [9.17, 15) is 4.79 Å². The van der Waals surface area contributed by atoms with E-state index in [1.54, 1.807) is 11.8 Å². The van der Waals surface area contributed by atoms with E-state index < -0.39 is 0 Å². The highest BCUT2D eigenvalue weighted by Gasteiger charge is 2.22. The normalized spacial score (nSPS) is 25.0. The van der Waals surface area contributed by atoms with E-state index in [0.29, 0.717) is 6.61 Å². The summed E-state index contributed by atoms with van der Waals surface area (Å²) >= 11 is 1.74. The number of hydrogen-bond donors (Lipinski definition) is 2. The average Bonchev–Trinajstić information content (AvgIpc) is 3.20. The fourth-order valence-electron chi connectivity index (χ4n) is 2.39. The molecule has 0 radical (unpaired) electrons. The van der Waals surface area contributed by atoms with Crippen molar-refractivity contribution in [1.82, 2.24) is 5.32 Å². The molecule has 0 saturated carbocycles. The van der Waals surface area contributed by atoms with E-state index >= 15 is 0 Å². The fourth-order valence-corrected chi connectivity index (χ4v) is 3.33. The molecule has 6 heteroatoms. The fraction of sp³-hybridized carbons (Fsp3) is 0.533. The van der Waals surface area contributed by atoms with Gasteiger partial charge >= 0.3 is 0 Å². The summed E-state index contributed by atoms with van der Waals surface area (Å²) < 4.78 is 11.2. The van der Waals surface area contributed by atoms with Crippen LogP contribution in [0.5, 0.6) is 5.75 Å². The van der Waals surface area contributed by atoms with Crippen LogP contribution in [0.3, 0.4) is 0 Å². The molecule has 3 rings (SSSR count). The van der Waals surface area contributed by atoms with E-state index in [4.69, 9.17) is 9.47 Å². The predicted octanol–water partition coefficient (Wildman–Crippen LogP) is 1.85. The molecule has 0 spiro atoms. The van der Waals surface area contributed by atoms with Gasteiger partial charge in [-0.1, -0.05) is 0 Å². The molecule has 0 aromatic heterocycles. The van der Waals surface area contributed by atoms with Crippen molar-refractivity contribution in [2.75, 3.05) is 30.2 Å². The molecule has 2 heterocycles. The molecule has 2 unspecified atom stereocenters. The zero-order chi connectivity index (χ0) is 14.5. The van der Waals surface area contributed by atoms with E-state index in [1.807, 2.05) is 24.3 Å². The van der Waals surface area contributed by atoms with E-state index in [0.717, 1.165) is 42.5 Å². The highest BCUT2D eigenvalue weighted by Crippen LogP contribution is 2.19. The van der Waals surface area contributed by atoms with Crippen LogP contribution in [0.15, 0.2) is 24.3 Å². The van der Waals surface area contributed by atoms with Crippen LogP contribution < -0.4 is 15.4 Å². The third-order valence-corrected chi connectivity index (χ3v) is 4.55. The van der Waals surface area contributed by atoms with E-state index in [2.05, 4.69) is 10.6 Å². The topological polar surface area (TPSA) is 59.6 Å². The van der Waals surface area contributed by atoms with Gasteiger partial charge in [0, 0.05) is 23.9 Å². The Bertz CT molecular complexity index is 468. The second-order valence-electron chi connectivity index (χ2n) is 5.23. The Balaban J connectivity index is 1.47. The number of anilines is 1. The van der Waals surface area contributed by atoms with Crippen LogP contribution in [0.2, 0.25) is 0 Å². The molecule has 1 aromatic rings. The van der Waals surface area contributed by atoms with Gasteiger partial charge < -0.3 is 14.8 Å². The monoisotopic (exact) mass is 308 g/mol. The molecule has 114 valence electrons. The number of rotatable bonds is 5. The van der Waals surface area contributed by atoms with Gasteiger partial charge in [-0.25, -0.2) is 0 Å². The maximum Gasteiger partial charge on any atom is 0.242 e. The number of ether oxygens (including phenoxy) is 2. The van der Waals surface area contributed by atoms with Crippen molar-refractivity contribution in [3.05, 3.63) is 24.3 Å². The summed E-state index contributed by atoms with van der Waals surface area (Å²) in [5, 5.41) is 6.07. The average molecular weight is 308 g/mol. The van der Waals surface area contributed by atoms with E-state index in [1.165, 1.54) is 0 Å². The quantitative estimate of drug-likeness (QED) is 0.869. The first-order chi connectivity index (χ1) is 10.3. The summed E-state index contributed by atoms with van der Waals surface area (Å²) in [6.07, 6.45) is 2.41. The SMILES string of the molecule is O=C(Nc1ccc(OCC2CCCO2)cc1)C1CSCN1. The minimum absolute atomic E-state index is 0.0213. The van der Waals surface area contributed by atoms with Crippen molar-refractivity contribution in [1.29, 1.82) is 0 Å². The molecule has 2 aliphatic heterocycles. The predicted molar refractivity (Wildman–Crippen MR) is 83.8 cm³/mol. The van der Waals surface area contributed by atoms with Gasteiger partial charge in [0.1, 0.15) is 12.4 Å². The molecule has 1 amide bonds. The zero-order valence-corrected chi connectivity index (χ0v) is 12.7. The molecule has 2 saturated heterocycles. The van der Waals surface area contributed by atoms with Gasteiger partial charge in [-0.05, 0) is 37.1 Å². The van der Waals surface area contributed by atoms with Gasteiger partial charge in [0.15, 0.2) is 0 Å². The lowest BCUT2D eigenvalue weighted by Crippen LogP contribution is -2.37. The molecule has 1 aromatic carbocycles. The summed E-state index contributed by atoms with van der Waals surface area (Å²) in [6.45, 7) is 1.43. The van der Waals surface area contributed by atoms with Crippen molar-refractivity contribution in [3.8, 4) is 5.75 Å². The van der Waals surface area contributed by atoms with Crippen LogP contribution >= 0.6 is 11.8 Å². The first-order valence-electron chi connectivity index (χ1n) is 7.28. The summed E-state index contributed by atoms with van der Waals surface area (Å²) in [6, 6.07) is 7.39. The van der Waals surface area contributed by atoms with Crippen LogP contribution in [0.25, 0.3) is 0 Å².